The molecule has 0 aliphatic carbocycles. The fraction of sp³-hybridized carbons (Fsp3) is 0.500. The second kappa shape index (κ2) is 5.58. The SMILES string of the molecule is COC(=O)C/C=C/C(C)=C(C)C. The number of hydrogen-bond acceptors (Lipinski definition) is 2. The first-order valence-electron chi connectivity index (χ1n) is 3.95. The molecule has 0 radical (unpaired) electrons. The smallest absolute Gasteiger partial charge is 0.309 e. The van der Waals surface area contributed by atoms with Crippen LogP contribution in [0, 0.1) is 0 Å². The predicted molar refractivity (Wildman–Crippen MR) is 49.8 cm³/mol. The van der Waals surface area contributed by atoms with Crippen LogP contribution < -0.4 is 0 Å². The summed E-state index contributed by atoms with van der Waals surface area (Å²) < 4.78 is 4.49. The molecule has 0 aromatic carbocycles. The summed E-state index contributed by atoms with van der Waals surface area (Å²) in [6.07, 6.45) is 4.10. The van der Waals surface area contributed by atoms with Crippen LogP contribution in [0.5, 0.6) is 0 Å². The number of hydrogen-bond donors (Lipinski definition) is 0. The number of carbonyl (C=O) groups is 1. The molecule has 0 saturated carbocycles. The van der Waals surface area contributed by atoms with Crippen molar-refractivity contribution < 1.29 is 9.53 Å². The highest BCUT2D eigenvalue weighted by atomic mass is 16.5. The number of rotatable bonds is 3. The van der Waals surface area contributed by atoms with Crippen molar-refractivity contribution in [3.8, 4) is 0 Å². The fourth-order valence-corrected chi connectivity index (χ4v) is 0.582. The van der Waals surface area contributed by atoms with Gasteiger partial charge in [-0.2, -0.15) is 0 Å². The first kappa shape index (κ1) is 11.0. The average Bonchev–Trinajstić information content (AvgIpc) is 2.03. The van der Waals surface area contributed by atoms with E-state index < -0.39 is 0 Å². The molecule has 0 bridgehead atoms. The Labute approximate surface area is 73.9 Å². The van der Waals surface area contributed by atoms with Gasteiger partial charge in [-0.1, -0.05) is 23.3 Å². The summed E-state index contributed by atoms with van der Waals surface area (Å²) in [6.45, 7) is 6.10. The van der Waals surface area contributed by atoms with Crippen LogP contribution in [0.1, 0.15) is 27.2 Å². The number of allylic oxidation sites excluding steroid dienone is 3. The van der Waals surface area contributed by atoms with Crippen molar-refractivity contribution in [3.05, 3.63) is 23.3 Å². The highest BCUT2D eigenvalue weighted by Gasteiger charge is 1.93. The Hall–Kier alpha value is -1.05. The van der Waals surface area contributed by atoms with Crippen LogP contribution in [-0.4, -0.2) is 13.1 Å². The molecule has 0 fully saturated rings. The molecular formula is C10H16O2. The van der Waals surface area contributed by atoms with Gasteiger partial charge in [0.2, 0.25) is 0 Å². The minimum atomic E-state index is -0.201. The van der Waals surface area contributed by atoms with Gasteiger partial charge in [-0.25, -0.2) is 0 Å². The number of esters is 1. The molecule has 0 spiro atoms. The van der Waals surface area contributed by atoms with Crippen molar-refractivity contribution in [1.82, 2.24) is 0 Å². The Morgan fingerprint density at radius 1 is 1.33 bits per heavy atom. The van der Waals surface area contributed by atoms with E-state index in [1.807, 2.05) is 32.9 Å². The third-order valence-electron chi connectivity index (χ3n) is 1.67. The van der Waals surface area contributed by atoms with Gasteiger partial charge >= 0.3 is 5.97 Å². The lowest BCUT2D eigenvalue weighted by molar-refractivity contribution is -0.139. The van der Waals surface area contributed by atoms with Crippen LogP contribution in [-0.2, 0) is 9.53 Å². The summed E-state index contributed by atoms with van der Waals surface area (Å²) in [6, 6.07) is 0. The first-order chi connectivity index (χ1) is 5.57. The summed E-state index contributed by atoms with van der Waals surface area (Å²) in [7, 11) is 1.39. The van der Waals surface area contributed by atoms with Gasteiger partial charge in [-0.3, -0.25) is 4.79 Å². The molecule has 0 aliphatic rings. The molecule has 0 aromatic rings. The molecule has 68 valence electrons. The van der Waals surface area contributed by atoms with Gasteiger partial charge < -0.3 is 4.74 Å². The summed E-state index contributed by atoms with van der Waals surface area (Å²) in [5.41, 5.74) is 2.45. The summed E-state index contributed by atoms with van der Waals surface area (Å²) in [4.78, 5) is 10.7. The van der Waals surface area contributed by atoms with E-state index in [2.05, 4.69) is 4.74 Å². The van der Waals surface area contributed by atoms with Gasteiger partial charge in [-0.15, -0.1) is 0 Å². The zero-order chi connectivity index (χ0) is 9.56. The van der Waals surface area contributed by atoms with E-state index in [0.717, 1.165) is 0 Å². The van der Waals surface area contributed by atoms with Gasteiger partial charge in [0, 0.05) is 0 Å². The van der Waals surface area contributed by atoms with E-state index >= 15 is 0 Å². The number of ether oxygens (including phenoxy) is 1. The Balaban J connectivity index is 3.93. The molecule has 0 N–H and O–H groups in total. The van der Waals surface area contributed by atoms with Crippen LogP contribution in [0.4, 0.5) is 0 Å². The van der Waals surface area contributed by atoms with Crippen LogP contribution in [0.3, 0.4) is 0 Å². The molecule has 0 aliphatic heterocycles. The zero-order valence-electron chi connectivity index (χ0n) is 8.18. The quantitative estimate of drug-likeness (QED) is 0.478. The Kier molecular flexibility index (Phi) is 5.09. The summed E-state index contributed by atoms with van der Waals surface area (Å²) in [5, 5.41) is 0. The standard InChI is InChI=1S/C10H16O2/c1-8(2)9(3)6-5-7-10(11)12-4/h5-6H,7H2,1-4H3/b6-5+. The third-order valence-corrected chi connectivity index (χ3v) is 1.67. The normalized spacial score (nSPS) is 10.0. The van der Waals surface area contributed by atoms with Gasteiger partial charge in [0.25, 0.3) is 0 Å². The fourth-order valence-electron chi connectivity index (χ4n) is 0.582. The Morgan fingerprint density at radius 2 is 1.92 bits per heavy atom. The van der Waals surface area contributed by atoms with Crippen LogP contribution in [0.25, 0.3) is 0 Å². The average molecular weight is 168 g/mol. The molecule has 2 nitrogen and oxygen atoms in total. The molecule has 2 heteroatoms. The van der Waals surface area contributed by atoms with Crippen molar-refractivity contribution in [2.45, 2.75) is 27.2 Å². The minimum absolute atomic E-state index is 0.201. The second-order valence-corrected chi connectivity index (χ2v) is 2.87. The molecule has 12 heavy (non-hydrogen) atoms. The zero-order valence-corrected chi connectivity index (χ0v) is 8.18. The van der Waals surface area contributed by atoms with Gasteiger partial charge in [0.15, 0.2) is 0 Å². The van der Waals surface area contributed by atoms with Crippen molar-refractivity contribution in [2.75, 3.05) is 7.11 Å². The maximum Gasteiger partial charge on any atom is 0.309 e. The van der Waals surface area contributed by atoms with Gasteiger partial charge in [0.1, 0.15) is 0 Å². The second-order valence-electron chi connectivity index (χ2n) is 2.87. The topological polar surface area (TPSA) is 26.3 Å². The molecule has 0 aromatic heterocycles. The minimum Gasteiger partial charge on any atom is -0.469 e. The van der Waals surface area contributed by atoms with Crippen LogP contribution in [0.15, 0.2) is 23.3 Å². The monoisotopic (exact) mass is 168 g/mol. The lowest BCUT2D eigenvalue weighted by atomic mass is 10.1. The largest absolute Gasteiger partial charge is 0.469 e. The molecule has 0 amide bonds. The number of carbonyl (C=O) groups excluding carboxylic acids is 1. The first-order valence-corrected chi connectivity index (χ1v) is 3.95. The Bertz CT molecular complexity index is 208. The number of methoxy groups -OCH3 is 1. The predicted octanol–water partition coefficient (Wildman–Crippen LogP) is 2.46. The third kappa shape index (κ3) is 4.72. The van der Waals surface area contributed by atoms with E-state index in [0.29, 0.717) is 6.42 Å². The maximum absolute atomic E-state index is 10.7. The van der Waals surface area contributed by atoms with E-state index in [9.17, 15) is 4.79 Å². The summed E-state index contributed by atoms with van der Waals surface area (Å²) in [5.74, 6) is -0.201. The molecule has 0 unspecified atom stereocenters. The van der Waals surface area contributed by atoms with Crippen molar-refractivity contribution in [1.29, 1.82) is 0 Å². The van der Waals surface area contributed by atoms with Crippen molar-refractivity contribution >= 4 is 5.97 Å². The molecule has 0 rings (SSSR count). The van der Waals surface area contributed by atoms with Gasteiger partial charge in [-0.05, 0) is 20.8 Å². The van der Waals surface area contributed by atoms with E-state index in [1.54, 1.807) is 0 Å². The lowest BCUT2D eigenvalue weighted by Gasteiger charge is -1.95. The highest BCUT2D eigenvalue weighted by Crippen LogP contribution is 2.03. The lowest BCUT2D eigenvalue weighted by Crippen LogP contribution is -1.96. The molecule has 0 heterocycles. The molecule has 0 atom stereocenters. The van der Waals surface area contributed by atoms with Crippen LogP contribution >= 0.6 is 0 Å². The van der Waals surface area contributed by atoms with E-state index in [-0.39, 0.29) is 5.97 Å². The molecular weight excluding hydrogens is 152 g/mol. The van der Waals surface area contributed by atoms with Crippen molar-refractivity contribution in [3.63, 3.8) is 0 Å². The van der Waals surface area contributed by atoms with E-state index in [1.165, 1.54) is 18.3 Å². The maximum atomic E-state index is 10.7. The Morgan fingerprint density at radius 3 is 2.33 bits per heavy atom. The van der Waals surface area contributed by atoms with Gasteiger partial charge in [0.05, 0.1) is 13.5 Å². The van der Waals surface area contributed by atoms with Crippen molar-refractivity contribution in [2.24, 2.45) is 0 Å². The van der Waals surface area contributed by atoms with Crippen LogP contribution in [0.2, 0.25) is 0 Å². The molecule has 0 saturated heterocycles. The summed E-state index contributed by atoms with van der Waals surface area (Å²) >= 11 is 0. The highest BCUT2D eigenvalue weighted by molar-refractivity contribution is 5.71. The van der Waals surface area contributed by atoms with E-state index in [4.69, 9.17) is 0 Å².